The normalized spacial score (nSPS) is 13.0. The summed E-state index contributed by atoms with van der Waals surface area (Å²) < 4.78 is 10.7. The molecule has 0 aliphatic heterocycles. The lowest BCUT2D eigenvalue weighted by atomic mass is 10.0. The summed E-state index contributed by atoms with van der Waals surface area (Å²) in [6.45, 7) is 4.01. The Kier molecular flexibility index (Phi) is 54.9. The molecule has 0 fully saturated rings. The molecule has 0 saturated carbocycles. The van der Waals surface area contributed by atoms with E-state index in [9.17, 15) is 14.7 Å². The molecule has 0 saturated heterocycles. The summed E-state index contributed by atoms with van der Waals surface area (Å²) in [4.78, 5) is 24.5. The van der Waals surface area contributed by atoms with Gasteiger partial charge in [0.05, 0.1) is 6.61 Å². The third kappa shape index (κ3) is 55.2. The molecule has 1 N–H and O–H groups in total. The van der Waals surface area contributed by atoms with E-state index in [1.807, 2.05) is 0 Å². The van der Waals surface area contributed by atoms with E-state index in [2.05, 4.69) is 123 Å². The number of carbonyl (C=O) groups excluding carboxylic acids is 2. The van der Waals surface area contributed by atoms with Crippen molar-refractivity contribution in [3.63, 3.8) is 0 Å². The van der Waals surface area contributed by atoms with E-state index >= 15 is 0 Å². The lowest BCUT2D eigenvalue weighted by molar-refractivity contribution is -0.161. The molecule has 0 radical (unpaired) electrons. The number of rotatable bonds is 51. The second-order valence-electron chi connectivity index (χ2n) is 18.6. The SMILES string of the molecule is CC/C=C\C/C=C\C/C=C\C/C=C\C/C=C\C/C=C\CCCCCCCCC(=O)OC(CO)COC(=O)CCCCCCCCCCCCCCCC/C=C\C/C=C\C/C=C\CCCCCCC. The predicted octanol–water partition coefficient (Wildman–Crippen LogP) is 19.3. The quantitative estimate of drug-likeness (QED) is 0.0374. The minimum absolute atomic E-state index is 0.0776. The zero-order valence-corrected chi connectivity index (χ0v) is 44.3. The van der Waals surface area contributed by atoms with Crippen LogP contribution >= 0.6 is 0 Å². The first-order chi connectivity index (χ1) is 33.6. The summed E-state index contributed by atoms with van der Waals surface area (Å²) in [6, 6.07) is 0. The van der Waals surface area contributed by atoms with Crippen LogP contribution in [-0.4, -0.2) is 36.4 Å². The second-order valence-corrected chi connectivity index (χ2v) is 18.6. The van der Waals surface area contributed by atoms with E-state index in [4.69, 9.17) is 9.47 Å². The summed E-state index contributed by atoms with van der Waals surface area (Å²) in [6.07, 6.45) is 83.4. The Labute approximate surface area is 421 Å². The van der Waals surface area contributed by atoms with Crippen LogP contribution in [0.2, 0.25) is 0 Å². The van der Waals surface area contributed by atoms with Crippen LogP contribution in [-0.2, 0) is 19.1 Å². The van der Waals surface area contributed by atoms with Crippen molar-refractivity contribution in [1.82, 2.24) is 0 Å². The minimum atomic E-state index is -0.788. The van der Waals surface area contributed by atoms with Crippen molar-refractivity contribution in [2.24, 2.45) is 0 Å². The maximum absolute atomic E-state index is 12.3. The number of hydrogen-bond acceptors (Lipinski definition) is 5. The molecule has 68 heavy (non-hydrogen) atoms. The van der Waals surface area contributed by atoms with Gasteiger partial charge < -0.3 is 14.6 Å². The second kappa shape index (κ2) is 57.9. The third-order valence-electron chi connectivity index (χ3n) is 12.1. The predicted molar refractivity (Wildman–Crippen MR) is 297 cm³/mol. The molecular formula is C63H106O5. The van der Waals surface area contributed by atoms with E-state index < -0.39 is 6.10 Å². The average molecular weight is 944 g/mol. The van der Waals surface area contributed by atoms with Crippen molar-refractivity contribution in [3.8, 4) is 0 Å². The highest BCUT2D eigenvalue weighted by Gasteiger charge is 2.16. The summed E-state index contributed by atoms with van der Waals surface area (Å²) in [7, 11) is 0. The Morgan fingerprint density at radius 3 is 0.956 bits per heavy atom. The van der Waals surface area contributed by atoms with Crippen LogP contribution in [0.4, 0.5) is 0 Å². The first-order valence-corrected chi connectivity index (χ1v) is 28.4. The molecular weight excluding hydrogens is 837 g/mol. The molecule has 388 valence electrons. The van der Waals surface area contributed by atoms with Gasteiger partial charge in [-0.25, -0.2) is 0 Å². The molecule has 1 unspecified atom stereocenters. The highest BCUT2D eigenvalue weighted by atomic mass is 16.6. The third-order valence-corrected chi connectivity index (χ3v) is 12.1. The molecule has 0 bridgehead atoms. The van der Waals surface area contributed by atoms with Crippen LogP contribution in [0.25, 0.3) is 0 Å². The standard InChI is InChI=1S/C63H106O5/c1-3-5-7-9-11-13-15-17-19-21-23-25-27-29-30-31-32-34-35-37-39-41-43-45-47-49-51-53-55-57-62(65)67-60-61(59-64)68-63(66)58-56-54-52-50-48-46-44-42-40-38-36-33-28-26-24-22-20-18-16-14-12-10-8-6-4-2/h6,8,12,14-15,17-18,20-21,23-24,26-27,29,33,36,40,42,61,64H,3-5,7,9-11,13,16,19,22,25,28,30-32,34-35,37-39,41,43-60H2,1-2H3/b8-6-,14-12-,17-15-,20-18-,23-21-,26-24-,29-27-,36-33-,42-40-. The largest absolute Gasteiger partial charge is 0.462 e. The summed E-state index contributed by atoms with van der Waals surface area (Å²) in [5.74, 6) is -0.609. The van der Waals surface area contributed by atoms with Gasteiger partial charge in [-0.15, -0.1) is 0 Å². The number of aliphatic hydroxyl groups is 1. The fourth-order valence-corrected chi connectivity index (χ4v) is 7.80. The van der Waals surface area contributed by atoms with Gasteiger partial charge in [-0.3, -0.25) is 9.59 Å². The topological polar surface area (TPSA) is 72.8 Å². The first-order valence-electron chi connectivity index (χ1n) is 28.4. The number of hydrogen-bond donors (Lipinski definition) is 1. The Hall–Kier alpha value is -3.44. The number of ether oxygens (including phenoxy) is 2. The molecule has 0 aliphatic carbocycles. The highest BCUT2D eigenvalue weighted by Crippen LogP contribution is 2.15. The summed E-state index contributed by atoms with van der Waals surface area (Å²) >= 11 is 0. The zero-order valence-electron chi connectivity index (χ0n) is 44.3. The van der Waals surface area contributed by atoms with Gasteiger partial charge in [0.15, 0.2) is 6.10 Å². The van der Waals surface area contributed by atoms with Crippen molar-refractivity contribution in [1.29, 1.82) is 0 Å². The van der Waals surface area contributed by atoms with Crippen molar-refractivity contribution in [3.05, 3.63) is 109 Å². The van der Waals surface area contributed by atoms with E-state index in [1.54, 1.807) is 0 Å². The average Bonchev–Trinajstić information content (AvgIpc) is 3.34. The molecule has 0 aliphatic rings. The lowest BCUT2D eigenvalue weighted by Gasteiger charge is -2.15. The molecule has 5 heteroatoms. The maximum Gasteiger partial charge on any atom is 0.306 e. The van der Waals surface area contributed by atoms with Gasteiger partial charge in [0.2, 0.25) is 0 Å². The first kappa shape index (κ1) is 64.6. The van der Waals surface area contributed by atoms with Gasteiger partial charge in [-0.2, -0.15) is 0 Å². The molecule has 0 amide bonds. The van der Waals surface area contributed by atoms with E-state index in [-0.39, 0.29) is 25.2 Å². The van der Waals surface area contributed by atoms with Crippen molar-refractivity contribution in [2.45, 2.75) is 264 Å². The van der Waals surface area contributed by atoms with Crippen LogP contribution in [0, 0.1) is 0 Å². The fourth-order valence-electron chi connectivity index (χ4n) is 7.80. The number of allylic oxidation sites excluding steroid dienone is 18. The van der Waals surface area contributed by atoms with Gasteiger partial charge in [0.1, 0.15) is 6.61 Å². The van der Waals surface area contributed by atoms with Crippen LogP contribution in [0.1, 0.15) is 258 Å². The van der Waals surface area contributed by atoms with Crippen molar-refractivity contribution < 1.29 is 24.2 Å². The van der Waals surface area contributed by atoms with E-state index in [0.717, 1.165) is 96.3 Å². The Balaban J connectivity index is 3.55. The number of aliphatic hydroxyl groups excluding tert-OH is 1. The lowest BCUT2D eigenvalue weighted by Crippen LogP contribution is -2.28. The van der Waals surface area contributed by atoms with Crippen LogP contribution in [0.5, 0.6) is 0 Å². The van der Waals surface area contributed by atoms with E-state index in [1.165, 1.54) is 135 Å². The molecule has 5 nitrogen and oxygen atoms in total. The Morgan fingerprint density at radius 2 is 0.632 bits per heavy atom. The Bertz CT molecular complexity index is 1340. The maximum atomic E-state index is 12.3. The van der Waals surface area contributed by atoms with Gasteiger partial charge in [-0.1, -0.05) is 252 Å². The van der Waals surface area contributed by atoms with Crippen LogP contribution in [0.3, 0.4) is 0 Å². The molecule has 0 aromatic heterocycles. The van der Waals surface area contributed by atoms with Gasteiger partial charge >= 0.3 is 11.9 Å². The molecule has 0 aromatic rings. The fraction of sp³-hybridized carbons (Fsp3) is 0.683. The Morgan fingerprint density at radius 1 is 0.353 bits per heavy atom. The highest BCUT2D eigenvalue weighted by molar-refractivity contribution is 5.70. The monoisotopic (exact) mass is 943 g/mol. The number of carbonyl (C=O) groups is 2. The number of unbranched alkanes of at least 4 members (excludes halogenated alkanes) is 25. The number of esters is 2. The van der Waals surface area contributed by atoms with Crippen LogP contribution in [0.15, 0.2) is 109 Å². The molecule has 0 aromatic carbocycles. The summed E-state index contributed by atoms with van der Waals surface area (Å²) in [5.41, 5.74) is 0. The van der Waals surface area contributed by atoms with Gasteiger partial charge in [-0.05, 0) is 103 Å². The van der Waals surface area contributed by atoms with E-state index in [0.29, 0.717) is 12.8 Å². The smallest absolute Gasteiger partial charge is 0.306 e. The van der Waals surface area contributed by atoms with Gasteiger partial charge in [0, 0.05) is 12.8 Å². The van der Waals surface area contributed by atoms with Crippen molar-refractivity contribution >= 4 is 11.9 Å². The molecule has 0 heterocycles. The zero-order chi connectivity index (χ0) is 49.2. The summed E-state index contributed by atoms with van der Waals surface area (Å²) in [5, 5.41) is 9.65. The molecule has 0 rings (SSSR count). The molecule has 0 spiro atoms. The molecule has 1 atom stereocenters. The van der Waals surface area contributed by atoms with Crippen LogP contribution < -0.4 is 0 Å². The van der Waals surface area contributed by atoms with Crippen molar-refractivity contribution in [2.75, 3.05) is 13.2 Å². The minimum Gasteiger partial charge on any atom is -0.462 e. The van der Waals surface area contributed by atoms with Gasteiger partial charge in [0.25, 0.3) is 0 Å².